The number of hydrogen-bond acceptors (Lipinski definition) is 3. The van der Waals surface area contributed by atoms with Gasteiger partial charge in [-0.15, -0.1) is 0 Å². The second-order valence-corrected chi connectivity index (χ2v) is 3.36. The van der Waals surface area contributed by atoms with Gasteiger partial charge in [0, 0.05) is 17.7 Å². The molecular formula is C11H13N3O2. The van der Waals surface area contributed by atoms with Gasteiger partial charge in [0.15, 0.2) is 0 Å². The Labute approximate surface area is 92.8 Å². The summed E-state index contributed by atoms with van der Waals surface area (Å²) in [7, 11) is 0. The van der Waals surface area contributed by atoms with Gasteiger partial charge in [0.05, 0.1) is 11.7 Å². The van der Waals surface area contributed by atoms with Crippen molar-refractivity contribution in [2.75, 3.05) is 18.5 Å². The van der Waals surface area contributed by atoms with Crippen molar-refractivity contribution >= 4 is 22.5 Å². The van der Waals surface area contributed by atoms with E-state index in [-0.39, 0.29) is 12.5 Å². The Balaban J connectivity index is 2.06. The van der Waals surface area contributed by atoms with E-state index >= 15 is 0 Å². The van der Waals surface area contributed by atoms with Crippen molar-refractivity contribution in [2.45, 2.75) is 6.92 Å². The number of nitrogens with one attached hydrogen (secondary N) is 2. The van der Waals surface area contributed by atoms with Crippen LogP contribution in [0.3, 0.4) is 0 Å². The summed E-state index contributed by atoms with van der Waals surface area (Å²) in [6.07, 6.45) is 1.72. The van der Waals surface area contributed by atoms with Crippen LogP contribution in [0.4, 0.5) is 5.69 Å². The van der Waals surface area contributed by atoms with Crippen LogP contribution in [0.1, 0.15) is 6.92 Å². The van der Waals surface area contributed by atoms with Gasteiger partial charge in [0.1, 0.15) is 6.61 Å². The number of fused-ring (bicyclic) bond motifs is 1. The third-order valence-corrected chi connectivity index (χ3v) is 2.16. The first-order valence-corrected chi connectivity index (χ1v) is 5.10. The van der Waals surface area contributed by atoms with E-state index in [1.165, 1.54) is 0 Å². The maximum absolute atomic E-state index is 11.4. The van der Waals surface area contributed by atoms with Gasteiger partial charge in [0.2, 0.25) is 5.91 Å². The molecule has 16 heavy (non-hydrogen) atoms. The minimum atomic E-state index is -0.148. The van der Waals surface area contributed by atoms with Gasteiger partial charge in [-0.05, 0) is 25.1 Å². The number of aromatic nitrogens is 2. The SMILES string of the molecule is CCOCC(=O)Nc1ccc2[nH]ncc2c1. The number of benzene rings is 1. The Bertz CT molecular complexity index is 493. The van der Waals surface area contributed by atoms with Crippen LogP contribution in [0.2, 0.25) is 0 Å². The fourth-order valence-corrected chi connectivity index (χ4v) is 1.41. The summed E-state index contributed by atoms with van der Waals surface area (Å²) in [5, 5.41) is 10.5. The average Bonchev–Trinajstić information content (AvgIpc) is 2.73. The monoisotopic (exact) mass is 219 g/mol. The molecule has 0 aliphatic rings. The average molecular weight is 219 g/mol. The molecule has 0 unspecified atom stereocenters. The van der Waals surface area contributed by atoms with Crippen molar-refractivity contribution in [3.8, 4) is 0 Å². The maximum atomic E-state index is 11.4. The molecule has 0 saturated carbocycles. The van der Waals surface area contributed by atoms with Crippen LogP contribution in [0.15, 0.2) is 24.4 Å². The molecule has 2 rings (SSSR count). The van der Waals surface area contributed by atoms with E-state index in [0.29, 0.717) is 6.61 Å². The van der Waals surface area contributed by atoms with E-state index in [0.717, 1.165) is 16.6 Å². The highest BCUT2D eigenvalue weighted by Gasteiger charge is 2.03. The molecule has 5 heteroatoms. The largest absolute Gasteiger partial charge is 0.372 e. The van der Waals surface area contributed by atoms with Gasteiger partial charge in [0.25, 0.3) is 0 Å². The maximum Gasteiger partial charge on any atom is 0.250 e. The van der Waals surface area contributed by atoms with Crippen LogP contribution in [0.5, 0.6) is 0 Å². The molecule has 2 N–H and O–H groups in total. The minimum Gasteiger partial charge on any atom is -0.372 e. The van der Waals surface area contributed by atoms with E-state index in [9.17, 15) is 4.79 Å². The standard InChI is InChI=1S/C11H13N3O2/c1-2-16-7-11(15)13-9-3-4-10-8(5-9)6-12-14-10/h3-6H,2,7H2,1H3,(H,12,14)(H,13,15). The van der Waals surface area contributed by atoms with Gasteiger partial charge in [-0.25, -0.2) is 0 Å². The van der Waals surface area contributed by atoms with E-state index < -0.39 is 0 Å². The zero-order valence-corrected chi connectivity index (χ0v) is 8.99. The predicted octanol–water partition coefficient (Wildman–Crippen LogP) is 1.54. The number of nitrogens with zero attached hydrogens (tertiary/aromatic N) is 1. The van der Waals surface area contributed by atoms with E-state index in [1.807, 2.05) is 25.1 Å². The highest BCUT2D eigenvalue weighted by atomic mass is 16.5. The first-order valence-electron chi connectivity index (χ1n) is 5.10. The Kier molecular flexibility index (Phi) is 3.16. The highest BCUT2D eigenvalue weighted by molar-refractivity contribution is 5.94. The molecule has 1 amide bonds. The summed E-state index contributed by atoms with van der Waals surface area (Å²) >= 11 is 0. The zero-order chi connectivity index (χ0) is 11.4. The number of carbonyl (C=O) groups is 1. The van der Waals surface area contributed by atoms with Crippen molar-refractivity contribution in [3.63, 3.8) is 0 Å². The second-order valence-electron chi connectivity index (χ2n) is 3.36. The number of hydrogen-bond donors (Lipinski definition) is 2. The Morgan fingerprint density at radius 2 is 2.44 bits per heavy atom. The predicted molar refractivity (Wildman–Crippen MR) is 61.2 cm³/mol. The normalized spacial score (nSPS) is 10.6. The third-order valence-electron chi connectivity index (χ3n) is 2.16. The molecule has 2 aromatic rings. The topological polar surface area (TPSA) is 67.0 Å². The van der Waals surface area contributed by atoms with Crippen molar-refractivity contribution in [1.29, 1.82) is 0 Å². The number of ether oxygens (including phenoxy) is 1. The second kappa shape index (κ2) is 4.76. The van der Waals surface area contributed by atoms with Gasteiger partial charge in [-0.1, -0.05) is 0 Å². The molecule has 0 atom stereocenters. The molecule has 84 valence electrons. The van der Waals surface area contributed by atoms with Crippen LogP contribution in [0, 0.1) is 0 Å². The van der Waals surface area contributed by atoms with E-state index in [2.05, 4.69) is 15.5 Å². The molecule has 0 fully saturated rings. The smallest absolute Gasteiger partial charge is 0.250 e. The van der Waals surface area contributed by atoms with Gasteiger partial charge in [-0.3, -0.25) is 9.89 Å². The molecule has 0 radical (unpaired) electrons. The Hall–Kier alpha value is -1.88. The van der Waals surface area contributed by atoms with Gasteiger partial charge < -0.3 is 10.1 Å². The lowest BCUT2D eigenvalue weighted by atomic mass is 10.2. The summed E-state index contributed by atoms with van der Waals surface area (Å²) in [6, 6.07) is 5.56. The molecular weight excluding hydrogens is 206 g/mol. The summed E-state index contributed by atoms with van der Waals surface area (Å²) in [5.41, 5.74) is 1.70. The molecule has 1 heterocycles. The van der Waals surface area contributed by atoms with Gasteiger partial charge in [-0.2, -0.15) is 5.10 Å². The van der Waals surface area contributed by atoms with E-state index in [1.54, 1.807) is 6.20 Å². The van der Waals surface area contributed by atoms with E-state index in [4.69, 9.17) is 4.74 Å². The lowest BCUT2D eigenvalue weighted by molar-refractivity contribution is -0.120. The minimum absolute atomic E-state index is 0.0833. The van der Waals surface area contributed by atoms with Crippen LogP contribution >= 0.6 is 0 Å². The molecule has 0 aliphatic heterocycles. The summed E-state index contributed by atoms with van der Waals surface area (Å²) < 4.78 is 5.01. The Morgan fingerprint density at radius 1 is 1.56 bits per heavy atom. The zero-order valence-electron chi connectivity index (χ0n) is 8.99. The van der Waals surface area contributed by atoms with Crippen LogP contribution in [-0.4, -0.2) is 29.3 Å². The summed E-state index contributed by atoms with van der Waals surface area (Å²) in [6.45, 7) is 2.47. The lowest BCUT2D eigenvalue weighted by Crippen LogP contribution is -2.18. The molecule has 1 aromatic heterocycles. The number of amides is 1. The number of carbonyl (C=O) groups excluding carboxylic acids is 1. The fraction of sp³-hybridized carbons (Fsp3) is 0.273. The Morgan fingerprint density at radius 3 is 3.25 bits per heavy atom. The molecule has 0 spiro atoms. The van der Waals surface area contributed by atoms with Crippen molar-refractivity contribution in [1.82, 2.24) is 10.2 Å². The van der Waals surface area contributed by atoms with Crippen molar-refractivity contribution in [3.05, 3.63) is 24.4 Å². The van der Waals surface area contributed by atoms with Gasteiger partial charge >= 0.3 is 0 Å². The molecule has 0 bridgehead atoms. The highest BCUT2D eigenvalue weighted by Crippen LogP contribution is 2.16. The number of rotatable bonds is 4. The fourth-order valence-electron chi connectivity index (χ4n) is 1.41. The summed E-state index contributed by atoms with van der Waals surface area (Å²) in [5.74, 6) is -0.148. The van der Waals surface area contributed by atoms with Crippen LogP contribution < -0.4 is 5.32 Å². The molecule has 5 nitrogen and oxygen atoms in total. The van der Waals surface area contributed by atoms with Crippen LogP contribution in [-0.2, 0) is 9.53 Å². The quantitative estimate of drug-likeness (QED) is 0.819. The third kappa shape index (κ3) is 2.38. The number of anilines is 1. The molecule has 1 aromatic carbocycles. The first-order chi connectivity index (χ1) is 7.79. The number of aromatic amines is 1. The van der Waals surface area contributed by atoms with Crippen molar-refractivity contribution < 1.29 is 9.53 Å². The lowest BCUT2D eigenvalue weighted by Gasteiger charge is -2.04. The molecule has 0 aliphatic carbocycles. The van der Waals surface area contributed by atoms with Crippen molar-refractivity contribution in [2.24, 2.45) is 0 Å². The molecule has 0 saturated heterocycles. The first kappa shape index (κ1) is 10.6. The van der Waals surface area contributed by atoms with Crippen LogP contribution in [0.25, 0.3) is 10.9 Å². The summed E-state index contributed by atoms with van der Waals surface area (Å²) in [4.78, 5) is 11.4. The number of H-pyrrole nitrogens is 1.